The Balaban J connectivity index is 2.06. The third kappa shape index (κ3) is 2.87. The van der Waals surface area contributed by atoms with Gasteiger partial charge in [0, 0.05) is 20.2 Å². The van der Waals surface area contributed by atoms with Gasteiger partial charge in [-0.3, -0.25) is 0 Å². The van der Waals surface area contributed by atoms with Gasteiger partial charge in [-0.1, -0.05) is 6.92 Å². The molecule has 1 aromatic rings. The molecule has 0 saturated carbocycles. The van der Waals surface area contributed by atoms with Crippen LogP contribution >= 0.6 is 11.6 Å². The largest absolute Gasteiger partial charge is 0.379 e. The van der Waals surface area contributed by atoms with E-state index in [-0.39, 0.29) is 6.10 Å². The highest BCUT2D eigenvalue weighted by Gasteiger charge is 2.26. The Labute approximate surface area is 107 Å². The van der Waals surface area contributed by atoms with Gasteiger partial charge < -0.3 is 9.64 Å². The van der Waals surface area contributed by atoms with Gasteiger partial charge >= 0.3 is 0 Å². The molecule has 0 aliphatic carbocycles. The normalized spacial score (nSPS) is 25.0. The minimum absolute atomic E-state index is 0.276. The van der Waals surface area contributed by atoms with Crippen molar-refractivity contribution in [3.05, 3.63) is 17.8 Å². The van der Waals surface area contributed by atoms with Gasteiger partial charge in [0.25, 0.3) is 0 Å². The minimum Gasteiger partial charge on any atom is -0.379 e. The number of nitrogens with zero attached hydrogens (tertiary/aromatic N) is 3. The first-order valence-electron chi connectivity index (χ1n) is 5.91. The summed E-state index contributed by atoms with van der Waals surface area (Å²) in [7, 11) is 1.77. The van der Waals surface area contributed by atoms with Crippen LogP contribution in [0, 0.1) is 5.92 Å². The van der Waals surface area contributed by atoms with Crippen molar-refractivity contribution < 1.29 is 4.74 Å². The molecule has 1 aromatic heterocycles. The van der Waals surface area contributed by atoms with E-state index >= 15 is 0 Å². The maximum Gasteiger partial charge on any atom is 0.151 e. The van der Waals surface area contributed by atoms with Crippen LogP contribution in [-0.4, -0.2) is 36.5 Å². The highest BCUT2D eigenvalue weighted by molar-refractivity contribution is 6.16. The Morgan fingerprint density at radius 1 is 1.47 bits per heavy atom. The molecule has 0 amide bonds. The summed E-state index contributed by atoms with van der Waals surface area (Å²) in [6.07, 6.45) is 1.40. The molecule has 0 N–H and O–H groups in total. The first-order valence-corrected chi connectivity index (χ1v) is 6.44. The zero-order chi connectivity index (χ0) is 12.3. The number of ether oxygens (including phenoxy) is 1. The van der Waals surface area contributed by atoms with Gasteiger partial charge in [-0.2, -0.15) is 5.10 Å². The molecule has 1 aliphatic heterocycles. The Morgan fingerprint density at radius 3 is 2.88 bits per heavy atom. The Bertz CT molecular complexity index is 357. The molecule has 5 heteroatoms. The second-order valence-electron chi connectivity index (χ2n) is 4.50. The predicted octanol–water partition coefficient (Wildman–Crippen LogP) is 2.08. The lowest BCUT2D eigenvalue weighted by molar-refractivity contribution is 0.0496. The first kappa shape index (κ1) is 12.6. The summed E-state index contributed by atoms with van der Waals surface area (Å²) in [5.41, 5.74) is 0.809. The van der Waals surface area contributed by atoms with Gasteiger partial charge in [0.15, 0.2) is 5.82 Å². The maximum atomic E-state index is 5.69. The van der Waals surface area contributed by atoms with Crippen LogP contribution in [0.4, 0.5) is 5.82 Å². The molecule has 2 unspecified atom stereocenters. The van der Waals surface area contributed by atoms with Crippen LogP contribution < -0.4 is 4.90 Å². The number of alkyl halides is 1. The lowest BCUT2D eigenvalue weighted by Crippen LogP contribution is -2.44. The number of rotatable bonds is 3. The third-order valence-corrected chi connectivity index (χ3v) is 3.63. The molecule has 0 bridgehead atoms. The summed E-state index contributed by atoms with van der Waals surface area (Å²) >= 11 is 5.69. The summed E-state index contributed by atoms with van der Waals surface area (Å²) in [6.45, 7) is 4.12. The van der Waals surface area contributed by atoms with E-state index < -0.39 is 0 Å². The highest BCUT2D eigenvalue weighted by atomic mass is 35.5. The number of anilines is 1. The molecule has 0 spiro atoms. The minimum atomic E-state index is 0.276. The maximum absolute atomic E-state index is 5.69. The fourth-order valence-corrected chi connectivity index (χ4v) is 2.28. The van der Waals surface area contributed by atoms with Crippen molar-refractivity contribution >= 4 is 17.4 Å². The van der Waals surface area contributed by atoms with Crippen LogP contribution in [-0.2, 0) is 10.6 Å². The fourth-order valence-electron chi connectivity index (χ4n) is 2.14. The van der Waals surface area contributed by atoms with Gasteiger partial charge in [0.05, 0.1) is 17.7 Å². The quantitative estimate of drug-likeness (QED) is 0.775. The van der Waals surface area contributed by atoms with Gasteiger partial charge in [-0.25, -0.2) is 0 Å². The predicted molar refractivity (Wildman–Crippen MR) is 68.4 cm³/mol. The third-order valence-electron chi connectivity index (χ3n) is 3.36. The molecule has 0 aromatic carbocycles. The van der Waals surface area contributed by atoms with E-state index in [0.717, 1.165) is 31.0 Å². The van der Waals surface area contributed by atoms with E-state index in [2.05, 4.69) is 22.0 Å². The van der Waals surface area contributed by atoms with Crippen molar-refractivity contribution in [1.82, 2.24) is 10.2 Å². The average Bonchev–Trinajstić information content (AvgIpc) is 2.39. The van der Waals surface area contributed by atoms with E-state index in [1.807, 2.05) is 12.1 Å². The van der Waals surface area contributed by atoms with Crippen LogP contribution in [0.3, 0.4) is 0 Å². The number of piperidine rings is 1. The van der Waals surface area contributed by atoms with E-state index in [1.54, 1.807) is 7.11 Å². The molecule has 0 radical (unpaired) electrons. The van der Waals surface area contributed by atoms with Crippen molar-refractivity contribution in [2.24, 2.45) is 5.92 Å². The van der Waals surface area contributed by atoms with Gasteiger partial charge in [-0.15, -0.1) is 16.7 Å². The summed E-state index contributed by atoms with van der Waals surface area (Å²) in [4.78, 5) is 2.22. The SMILES string of the molecule is COC1CN(c2ccc(CCl)nn2)CCC1C. The Hall–Kier alpha value is -0.870. The van der Waals surface area contributed by atoms with Crippen LogP contribution in [0.2, 0.25) is 0 Å². The van der Waals surface area contributed by atoms with Crippen LogP contribution in [0.25, 0.3) is 0 Å². The number of hydrogen-bond donors (Lipinski definition) is 0. The molecule has 2 atom stereocenters. The number of aromatic nitrogens is 2. The smallest absolute Gasteiger partial charge is 0.151 e. The molecule has 4 nitrogen and oxygen atoms in total. The lowest BCUT2D eigenvalue weighted by Gasteiger charge is -2.36. The van der Waals surface area contributed by atoms with Gasteiger partial charge in [-0.05, 0) is 24.5 Å². The molecular formula is C12H18ClN3O. The summed E-state index contributed by atoms with van der Waals surface area (Å²) in [6, 6.07) is 3.91. The van der Waals surface area contributed by atoms with Crippen LogP contribution in [0.5, 0.6) is 0 Å². The monoisotopic (exact) mass is 255 g/mol. The van der Waals surface area contributed by atoms with Crippen molar-refractivity contribution in [2.45, 2.75) is 25.3 Å². The summed E-state index contributed by atoms with van der Waals surface area (Å²) < 4.78 is 5.49. The molecule has 1 aliphatic rings. The van der Waals surface area contributed by atoms with Crippen molar-refractivity contribution in [1.29, 1.82) is 0 Å². The van der Waals surface area contributed by atoms with Crippen molar-refractivity contribution in [2.75, 3.05) is 25.1 Å². The highest BCUT2D eigenvalue weighted by Crippen LogP contribution is 2.23. The molecule has 2 heterocycles. The second kappa shape index (κ2) is 5.65. The van der Waals surface area contributed by atoms with Crippen molar-refractivity contribution in [3.63, 3.8) is 0 Å². The molecular weight excluding hydrogens is 238 g/mol. The van der Waals surface area contributed by atoms with E-state index in [9.17, 15) is 0 Å². The molecule has 1 saturated heterocycles. The van der Waals surface area contributed by atoms with Crippen LogP contribution in [0.15, 0.2) is 12.1 Å². The molecule has 17 heavy (non-hydrogen) atoms. The van der Waals surface area contributed by atoms with E-state index in [4.69, 9.17) is 16.3 Å². The molecule has 1 fully saturated rings. The van der Waals surface area contributed by atoms with Crippen LogP contribution in [0.1, 0.15) is 19.0 Å². The lowest BCUT2D eigenvalue weighted by atomic mass is 9.96. The van der Waals surface area contributed by atoms with E-state index in [0.29, 0.717) is 11.8 Å². The number of methoxy groups -OCH3 is 1. The number of hydrogen-bond acceptors (Lipinski definition) is 4. The van der Waals surface area contributed by atoms with E-state index in [1.165, 1.54) is 0 Å². The second-order valence-corrected chi connectivity index (χ2v) is 4.77. The van der Waals surface area contributed by atoms with Gasteiger partial charge in [0.2, 0.25) is 0 Å². The summed E-state index contributed by atoms with van der Waals surface area (Å²) in [5, 5.41) is 8.28. The fraction of sp³-hybridized carbons (Fsp3) is 0.667. The molecule has 2 rings (SSSR count). The van der Waals surface area contributed by atoms with Gasteiger partial charge in [0.1, 0.15) is 0 Å². The average molecular weight is 256 g/mol. The Morgan fingerprint density at radius 2 is 2.29 bits per heavy atom. The standard InChI is InChI=1S/C12H18ClN3O/c1-9-5-6-16(8-11(9)17-2)12-4-3-10(7-13)14-15-12/h3-4,9,11H,5-8H2,1-2H3. The summed E-state index contributed by atoms with van der Waals surface area (Å²) in [5.74, 6) is 1.92. The Kier molecular flexibility index (Phi) is 4.18. The zero-order valence-corrected chi connectivity index (χ0v) is 11.0. The number of halogens is 1. The topological polar surface area (TPSA) is 38.2 Å². The molecule has 94 valence electrons. The van der Waals surface area contributed by atoms with Crippen molar-refractivity contribution in [3.8, 4) is 0 Å². The first-order chi connectivity index (χ1) is 8.24. The zero-order valence-electron chi connectivity index (χ0n) is 10.3.